The van der Waals surface area contributed by atoms with Gasteiger partial charge >= 0.3 is 6.48 Å². The molecule has 0 radical (unpaired) electrons. The number of fused-ring (bicyclic) bond motifs is 1. The maximum absolute atomic E-state index is 8.75. The Bertz CT molecular complexity index is 577. The highest BCUT2D eigenvalue weighted by Gasteiger charge is 2.20. The van der Waals surface area contributed by atoms with Crippen LogP contribution in [-0.4, -0.2) is 23.3 Å². The minimum Gasteiger partial charge on any atom is -0.493 e. The van der Waals surface area contributed by atoms with E-state index in [-0.39, 0.29) is 0 Å². The summed E-state index contributed by atoms with van der Waals surface area (Å²) in [6.07, 6.45) is 0.943. The average Bonchev–Trinajstić information content (AvgIpc) is 2.47. The zero-order valence-corrected chi connectivity index (χ0v) is 10.9. The molecule has 0 saturated heterocycles. The Labute approximate surface area is 117 Å². The van der Waals surface area contributed by atoms with E-state index in [1.807, 2.05) is 30.3 Å². The Morgan fingerprint density at radius 1 is 1.05 bits per heavy atom. The van der Waals surface area contributed by atoms with Crippen LogP contribution in [0.5, 0.6) is 11.5 Å². The van der Waals surface area contributed by atoms with Gasteiger partial charge in [-0.3, -0.25) is 0 Å². The predicted molar refractivity (Wildman–Crippen MR) is 73.7 cm³/mol. The second-order valence-electron chi connectivity index (χ2n) is 4.83. The van der Waals surface area contributed by atoms with Crippen LogP contribution in [0.25, 0.3) is 0 Å². The van der Waals surface area contributed by atoms with Gasteiger partial charge in [0.15, 0.2) is 0 Å². The van der Waals surface area contributed by atoms with Gasteiger partial charge in [-0.25, -0.2) is 0 Å². The van der Waals surface area contributed by atoms with Crippen LogP contribution in [0.2, 0.25) is 0 Å². The molecule has 2 aromatic carbocycles. The molecular formula is C16H16O4. The van der Waals surface area contributed by atoms with Crippen LogP contribution in [0.3, 0.4) is 0 Å². The summed E-state index contributed by atoms with van der Waals surface area (Å²) in [5, 5.41) is 17.5. The number of para-hydroxylation sites is 1. The summed E-state index contributed by atoms with van der Waals surface area (Å²) in [6.45, 7) is -1.13. The highest BCUT2D eigenvalue weighted by molar-refractivity contribution is 5.38. The standard InChI is InChI=1S/C16H16O4/c17-16(18)20-14-7-5-11(6-8-14)13-9-12-3-1-2-4-15(12)19-10-13/h1-8,13,16-18H,9-10H2. The summed E-state index contributed by atoms with van der Waals surface area (Å²) in [5.41, 5.74) is 2.37. The van der Waals surface area contributed by atoms with Gasteiger partial charge in [0.05, 0.1) is 6.61 Å². The molecule has 1 aliphatic rings. The van der Waals surface area contributed by atoms with E-state index in [2.05, 4.69) is 6.07 Å². The number of aliphatic hydroxyl groups excluding tert-OH is 1. The van der Waals surface area contributed by atoms with Crippen molar-refractivity contribution >= 4 is 0 Å². The number of benzene rings is 2. The zero-order chi connectivity index (χ0) is 13.9. The first-order valence-corrected chi connectivity index (χ1v) is 6.56. The van der Waals surface area contributed by atoms with Crippen molar-refractivity contribution in [3.05, 3.63) is 59.7 Å². The highest BCUT2D eigenvalue weighted by Crippen LogP contribution is 2.32. The fraction of sp³-hybridized carbons (Fsp3) is 0.250. The number of hydrogen-bond donors (Lipinski definition) is 2. The maximum atomic E-state index is 8.75. The summed E-state index contributed by atoms with van der Waals surface area (Å²) < 4.78 is 10.6. The fourth-order valence-corrected chi connectivity index (χ4v) is 2.48. The lowest BCUT2D eigenvalue weighted by atomic mass is 9.90. The van der Waals surface area contributed by atoms with E-state index >= 15 is 0 Å². The van der Waals surface area contributed by atoms with Crippen LogP contribution in [0.4, 0.5) is 0 Å². The van der Waals surface area contributed by atoms with Gasteiger partial charge in [-0.15, -0.1) is 0 Å². The van der Waals surface area contributed by atoms with Gasteiger partial charge in [0.1, 0.15) is 11.5 Å². The van der Waals surface area contributed by atoms with Crippen molar-refractivity contribution in [2.45, 2.75) is 18.8 Å². The van der Waals surface area contributed by atoms with Crippen LogP contribution >= 0.6 is 0 Å². The lowest BCUT2D eigenvalue weighted by molar-refractivity contribution is -0.179. The molecule has 4 heteroatoms. The largest absolute Gasteiger partial charge is 0.493 e. The van der Waals surface area contributed by atoms with Gasteiger partial charge in [0.2, 0.25) is 0 Å². The molecule has 2 N–H and O–H groups in total. The Morgan fingerprint density at radius 3 is 2.55 bits per heavy atom. The van der Waals surface area contributed by atoms with Gasteiger partial charge in [-0.1, -0.05) is 30.3 Å². The van der Waals surface area contributed by atoms with E-state index in [4.69, 9.17) is 19.7 Å². The predicted octanol–water partition coefficient (Wildman–Crippen LogP) is 2.05. The molecule has 3 rings (SSSR count). The fourth-order valence-electron chi connectivity index (χ4n) is 2.48. The van der Waals surface area contributed by atoms with E-state index in [0.717, 1.165) is 17.7 Å². The Hall–Kier alpha value is -2.04. The number of hydrogen-bond acceptors (Lipinski definition) is 4. The molecule has 4 nitrogen and oxygen atoms in total. The molecule has 1 heterocycles. The van der Waals surface area contributed by atoms with E-state index < -0.39 is 6.48 Å². The molecule has 0 amide bonds. The number of rotatable bonds is 3. The minimum absolute atomic E-state index is 0.304. The Balaban J connectivity index is 1.74. The van der Waals surface area contributed by atoms with Gasteiger partial charge in [-0.05, 0) is 35.7 Å². The zero-order valence-electron chi connectivity index (χ0n) is 10.9. The maximum Gasteiger partial charge on any atom is 0.310 e. The van der Waals surface area contributed by atoms with E-state index in [1.165, 1.54) is 5.56 Å². The lowest BCUT2D eigenvalue weighted by Crippen LogP contribution is -2.19. The summed E-state index contributed by atoms with van der Waals surface area (Å²) in [6, 6.07) is 15.4. The van der Waals surface area contributed by atoms with Gasteiger partial charge in [0, 0.05) is 5.92 Å². The van der Waals surface area contributed by atoms with Gasteiger partial charge < -0.3 is 19.7 Å². The molecule has 104 valence electrons. The second-order valence-corrected chi connectivity index (χ2v) is 4.83. The first kappa shape index (κ1) is 13.0. The summed E-state index contributed by atoms with van der Waals surface area (Å²) in [5.74, 6) is 1.70. The normalized spacial score (nSPS) is 17.4. The molecule has 1 unspecified atom stereocenters. The van der Waals surface area contributed by atoms with E-state index in [1.54, 1.807) is 12.1 Å². The first-order valence-electron chi connectivity index (χ1n) is 6.56. The van der Waals surface area contributed by atoms with Crippen LogP contribution in [0.15, 0.2) is 48.5 Å². The van der Waals surface area contributed by atoms with Crippen molar-refractivity contribution in [2.24, 2.45) is 0 Å². The molecule has 0 aliphatic carbocycles. The molecule has 0 aromatic heterocycles. The van der Waals surface area contributed by atoms with Crippen LogP contribution in [0.1, 0.15) is 17.0 Å². The van der Waals surface area contributed by atoms with E-state index in [0.29, 0.717) is 18.3 Å². The highest BCUT2D eigenvalue weighted by atomic mass is 16.7. The Kier molecular flexibility index (Phi) is 3.58. The lowest BCUT2D eigenvalue weighted by Gasteiger charge is -2.25. The first-order chi connectivity index (χ1) is 9.72. The third-order valence-corrected chi connectivity index (χ3v) is 3.47. The molecule has 0 saturated carbocycles. The smallest absolute Gasteiger partial charge is 0.310 e. The van der Waals surface area contributed by atoms with Crippen molar-refractivity contribution in [2.75, 3.05) is 6.61 Å². The summed E-state index contributed by atoms with van der Waals surface area (Å²) in [4.78, 5) is 0. The third-order valence-electron chi connectivity index (χ3n) is 3.47. The summed E-state index contributed by atoms with van der Waals surface area (Å²) in [7, 11) is 0. The Morgan fingerprint density at radius 2 is 1.80 bits per heavy atom. The van der Waals surface area contributed by atoms with E-state index in [9.17, 15) is 0 Å². The molecule has 20 heavy (non-hydrogen) atoms. The van der Waals surface area contributed by atoms with Crippen molar-refractivity contribution in [3.8, 4) is 11.5 Å². The monoisotopic (exact) mass is 272 g/mol. The third kappa shape index (κ3) is 2.76. The molecule has 2 aromatic rings. The molecular weight excluding hydrogens is 256 g/mol. The minimum atomic E-state index is -1.79. The second kappa shape index (κ2) is 5.53. The van der Waals surface area contributed by atoms with Gasteiger partial charge in [0.25, 0.3) is 0 Å². The molecule has 0 spiro atoms. The number of aliphatic hydroxyl groups is 2. The van der Waals surface area contributed by atoms with Crippen molar-refractivity contribution < 1.29 is 19.7 Å². The van der Waals surface area contributed by atoms with Crippen LogP contribution in [0, 0.1) is 0 Å². The molecule has 0 bridgehead atoms. The SMILES string of the molecule is OC(O)Oc1ccc(C2COc3ccccc3C2)cc1. The average molecular weight is 272 g/mol. The van der Waals surface area contributed by atoms with Gasteiger partial charge in [-0.2, -0.15) is 0 Å². The topological polar surface area (TPSA) is 58.9 Å². The molecule has 1 aliphatic heterocycles. The molecule has 0 fully saturated rings. The molecule has 1 atom stereocenters. The van der Waals surface area contributed by atoms with Crippen molar-refractivity contribution in [1.29, 1.82) is 0 Å². The quantitative estimate of drug-likeness (QED) is 0.840. The van der Waals surface area contributed by atoms with Crippen molar-refractivity contribution in [1.82, 2.24) is 0 Å². The number of ether oxygens (including phenoxy) is 2. The van der Waals surface area contributed by atoms with Crippen LogP contribution in [-0.2, 0) is 6.42 Å². The summed E-state index contributed by atoms with van der Waals surface area (Å²) >= 11 is 0. The van der Waals surface area contributed by atoms with Crippen LogP contribution < -0.4 is 9.47 Å². The van der Waals surface area contributed by atoms with Crippen molar-refractivity contribution in [3.63, 3.8) is 0 Å².